The normalized spacial score (nSPS) is 17.8. The second kappa shape index (κ2) is 8.82. The number of nitrogens with one attached hydrogen (secondary N) is 1. The zero-order valence-electron chi connectivity index (χ0n) is 17.1. The number of carbonyl (C=O) groups is 1. The van der Waals surface area contributed by atoms with Crippen LogP contribution in [0.3, 0.4) is 0 Å². The molecule has 29 heavy (non-hydrogen) atoms. The Morgan fingerprint density at radius 1 is 1.07 bits per heavy atom. The molecule has 0 unspecified atom stereocenters. The number of benzene rings is 1. The molecule has 0 aliphatic carbocycles. The summed E-state index contributed by atoms with van der Waals surface area (Å²) in [7, 11) is 0. The number of amides is 1. The number of hydrogen-bond donors (Lipinski definition) is 1. The fraction of sp³-hybridized carbons (Fsp3) is 0.478. The minimum Gasteiger partial charge on any atom is -0.355 e. The van der Waals surface area contributed by atoms with Gasteiger partial charge in [-0.05, 0) is 57.0 Å². The van der Waals surface area contributed by atoms with E-state index in [1.54, 1.807) is 4.57 Å². The number of hydrogen-bond acceptors (Lipinski definition) is 3. The summed E-state index contributed by atoms with van der Waals surface area (Å²) in [6, 6.07) is 12.3. The lowest BCUT2D eigenvalue weighted by Gasteiger charge is -2.33. The van der Waals surface area contributed by atoms with E-state index in [2.05, 4.69) is 17.1 Å². The van der Waals surface area contributed by atoms with Crippen molar-refractivity contribution in [1.82, 2.24) is 19.2 Å². The summed E-state index contributed by atoms with van der Waals surface area (Å²) in [5.41, 5.74) is 2.57. The first-order chi connectivity index (χ1) is 14.1. The van der Waals surface area contributed by atoms with Gasteiger partial charge in [-0.25, -0.2) is 0 Å². The second-order valence-corrected chi connectivity index (χ2v) is 8.04. The highest BCUT2D eigenvalue weighted by Crippen LogP contribution is 2.16. The Morgan fingerprint density at radius 2 is 1.86 bits per heavy atom. The lowest BCUT2D eigenvalue weighted by molar-refractivity contribution is -0.121. The maximum absolute atomic E-state index is 12.9. The largest absolute Gasteiger partial charge is 0.355 e. The molecule has 1 aliphatic heterocycles. The van der Waals surface area contributed by atoms with E-state index >= 15 is 0 Å². The Kier molecular flexibility index (Phi) is 6.00. The fourth-order valence-corrected chi connectivity index (χ4v) is 4.45. The van der Waals surface area contributed by atoms with Crippen LogP contribution in [0.1, 0.15) is 39.0 Å². The zero-order valence-corrected chi connectivity index (χ0v) is 17.1. The number of carbonyl (C=O) groups excluding carboxylic acids is 1. The van der Waals surface area contributed by atoms with E-state index in [9.17, 15) is 9.59 Å². The van der Waals surface area contributed by atoms with Gasteiger partial charge in [0.05, 0.1) is 11.0 Å². The Morgan fingerprint density at radius 3 is 2.69 bits per heavy atom. The molecule has 1 fully saturated rings. The van der Waals surface area contributed by atoms with Gasteiger partial charge in [-0.1, -0.05) is 18.6 Å². The molecule has 6 heteroatoms. The van der Waals surface area contributed by atoms with Gasteiger partial charge < -0.3 is 14.3 Å². The molecule has 1 amide bonds. The summed E-state index contributed by atoms with van der Waals surface area (Å²) in [6.45, 7) is 5.56. The first-order valence-electron chi connectivity index (χ1n) is 10.7. The molecule has 1 atom stereocenters. The number of aryl methyl sites for hydroxylation is 1. The molecular formula is C23H30N4O2. The van der Waals surface area contributed by atoms with Crippen LogP contribution >= 0.6 is 0 Å². The van der Waals surface area contributed by atoms with Crippen molar-refractivity contribution in [3.63, 3.8) is 0 Å². The summed E-state index contributed by atoms with van der Waals surface area (Å²) in [5.74, 6) is 0.0655. The van der Waals surface area contributed by atoms with Crippen LogP contribution < -0.4 is 10.9 Å². The monoisotopic (exact) mass is 394 g/mol. The molecule has 1 aliphatic rings. The standard InChI is InChI=1S/C23H30N4O2/c1-18-8-4-5-14-25(18)17-13-24-22(28)12-7-16-27-20-10-3-2-9-19(20)26-15-6-11-21(26)23(27)29/h2-3,6,9-11,15,18H,4-5,7-8,12-14,16-17H2,1H3,(H,24,28)/t18-/m0/s1. The number of rotatable bonds is 7. The molecule has 0 radical (unpaired) electrons. The first kappa shape index (κ1) is 19.7. The average Bonchev–Trinajstić information content (AvgIpc) is 3.22. The van der Waals surface area contributed by atoms with Crippen molar-refractivity contribution in [2.45, 2.75) is 51.6 Å². The van der Waals surface area contributed by atoms with E-state index in [0.717, 1.165) is 24.1 Å². The van der Waals surface area contributed by atoms with E-state index in [4.69, 9.17) is 0 Å². The molecule has 3 aromatic rings. The van der Waals surface area contributed by atoms with Crippen molar-refractivity contribution in [1.29, 1.82) is 0 Å². The average molecular weight is 395 g/mol. The molecular weight excluding hydrogens is 364 g/mol. The fourth-order valence-electron chi connectivity index (χ4n) is 4.45. The smallest absolute Gasteiger partial charge is 0.275 e. The minimum absolute atomic E-state index is 0.00630. The number of fused-ring (bicyclic) bond motifs is 3. The van der Waals surface area contributed by atoms with E-state index in [1.165, 1.54) is 19.3 Å². The highest BCUT2D eigenvalue weighted by molar-refractivity contribution is 5.79. The van der Waals surface area contributed by atoms with E-state index in [0.29, 0.717) is 37.5 Å². The van der Waals surface area contributed by atoms with Crippen LogP contribution in [0.25, 0.3) is 16.6 Å². The van der Waals surface area contributed by atoms with Gasteiger partial charge in [-0.2, -0.15) is 0 Å². The molecule has 1 aromatic carbocycles. The predicted molar refractivity (Wildman–Crippen MR) is 116 cm³/mol. The van der Waals surface area contributed by atoms with Gasteiger partial charge in [0.2, 0.25) is 5.91 Å². The van der Waals surface area contributed by atoms with Crippen LogP contribution in [-0.4, -0.2) is 45.5 Å². The quantitative estimate of drug-likeness (QED) is 0.670. The van der Waals surface area contributed by atoms with Crippen LogP contribution in [0.4, 0.5) is 0 Å². The van der Waals surface area contributed by atoms with Gasteiger partial charge in [0.25, 0.3) is 5.56 Å². The van der Waals surface area contributed by atoms with Gasteiger partial charge in [0.15, 0.2) is 0 Å². The number of aromatic nitrogens is 2. The Labute approximate surface area is 171 Å². The van der Waals surface area contributed by atoms with Crippen LogP contribution in [-0.2, 0) is 11.3 Å². The summed E-state index contributed by atoms with van der Waals surface area (Å²) in [6.07, 6.45) is 6.82. The molecule has 154 valence electrons. The minimum atomic E-state index is -0.00630. The third-order valence-corrected chi connectivity index (χ3v) is 6.09. The summed E-state index contributed by atoms with van der Waals surface area (Å²) >= 11 is 0. The highest BCUT2D eigenvalue weighted by Gasteiger charge is 2.17. The number of para-hydroxylation sites is 2. The highest BCUT2D eigenvalue weighted by atomic mass is 16.1. The predicted octanol–water partition coefficient (Wildman–Crippen LogP) is 3.03. The Bertz CT molecular complexity index is 1050. The maximum Gasteiger partial charge on any atom is 0.275 e. The van der Waals surface area contributed by atoms with Crippen molar-refractivity contribution >= 4 is 22.5 Å². The van der Waals surface area contributed by atoms with E-state index < -0.39 is 0 Å². The first-order valence-corrected chi connectivity index (χ1v) is 10.7. The van der Waals surface area contributed by atoms with Gasteiger partial charge in [0, 0.05) is 38.3 Å². The zero-order chi connectivity index (χ0) is 20.2. The molecule has 0 saturated carbocycles. The van der Waals surface area contributed by atoms with Crippen molar-refractivity contribution in [3.05, 3.63) is 52.9 Å². The number of piperidine rings is 1. The summed E-state index contributed by atoms with van der Waals surface area (Å²) in [5, 5.41) is 3.04. The van der Waals surface area contributed by atoms with Gasteiger partial charge in [-0.15, -0.1) is 0 Å². The van der Waals surface area contributed by atoms with Crippen molar-refractivity contribution < 1.29 is 4.79 Å². The van der Waals surface area contributed by atoms with Crippen LogP contribution in [0, 0.1) is 0 Å². The SMILES string of the molecule is C[C@H]1CCCCN1CCNC(=O)CCCn1c(=O)c2cccn2c2ccccc21. The Hall–Kier alpha value is -2.60. The molecule has 6 nitrogen and oxygen atoms in total. The van der Waals surface area contributed by atoms with Gasteiger partial charge in [0.1, 0.15) is 5.52 Å². The molecule has 3 heterocycles. The number of nitrogens with zero attached hydrogens (tertiary/aromatic N) is 3. The summed E-state index contributed by atoms with van der Waals surface area (Å²) < 4.78 is 3.73. The van der Waals surface area contributed by atoms with Crippen LogP contribution in [0.5, 0.6) is 0 Å². The van der Waals surface area contributed by atoms with Crippen LogP contribution in [0.2, 0.25) is 0 Å². The molecule has 1 saturated heterocycles. The van der Waals surface area contributed by atoms with Crippen LogP contribution in [0.15, 0.2) is 47.4 Å². The lowest BCUT2D eigenvalue weighted by Crippen LogP contribution is -2.42. The molecule has 1 N–H and O–H groups in total. The Balaban J connectivity index is 1.34. The number of likely N-dealkylation sites (tertiary alicyclic amines) is 1. The lowest BCUT2D eigenvalue weighted by atomic mass is 10.0. The van der Waals surface area contributed by atoms with Crippen molar-refractivity contribution in [3.8, 4) is 0 Å². The molecule has 4 rings (SSSR count). The molecule has 0 bridgehead atoms. The third-order valence-electron chi connectivity index (χ3n) is 6.09. The van der Waals surface area contributed by atoms with Crippen molar-refractivity contribution in [2.75, 3.05) is 19.6 Å². The maximum atomic E-state index is 12.9. The summed E-state index contributed by atoms with van der Waals surface area (Å²) in [4.78, 5) is 27.6. The third kappa shape index (κ3) is 4.22. The van der Waals surface area contributed by atoms with Crippen molar-refractivity contribution in [2.24, 2.45) is 0 Å². The topological polar surface area (TPSA) is 58.8 Å². The van der Waals surface area contributed by atoms with E-state index in [-0.39, 0.29) is 11.5 Å². The van der Waals surface area contributed by atoms with E-state index in [1.807, 2.05) is 47.0 Å². The molecule has 2 aromatic heterocycles. The second-order valence-electron chi connectivity index (χ2n) is 8.04. The molecule has 0 spiro atoms. The van der Waals surface area contributed by atoms with Gasteiger partial charge in [-0.3, -0.25) is 14.5 Å². The van der Waals surface area contributed by atoms with Gasteiger partial charge >= 0.3 is 0 Å².